The number of imidazole rings is 1. The Balaban J connectivity index is 1.89. The fourth-order valence-corrected chi connectivity index (χ4v) is 4.09. The van der Waals surface area contributed by atoms with Crippen LogP contribution in [-0.4, -0.2) is 14.1 Å². The Bertz CT molecular complexity index is 1590. The molecule has 0 aliphatic rings. The van der Waals surface area contributed by atoms with Crippen LogP contribution in [0.2, 0.25) is 5.02 Å². The number of halogens is 1. The molecule has 5 aromatic rings. The molecule has 0 saturated heterocycles. The van der Waals surface area contributed by atoms with E-state index in [2.05, 4.69) is 11.1 Å². The lowest BCUT2D eigenvalue weighted by Crippen LogP contribution is -2.21. The van der Waals surface area contributed by atoms with Crippen LogP contribution in [0.3, 0.4) is 0 Å². The monoisotopic (exact) mass is 424 g/mol. The zero-order valence-electron chi connectivity index (χ0n) is 16.9. The minimum Gasteiger partial charge on any atom is -0.293 e. The second-order valence-corrected chi connectivity index (χ2v) is 7.96. The molecular weight excluding hydrogens is 408 g/mol. The van der Waals surface area contributed by atoms with E-state index in [1.165, 1.54) is 0 Å². The van der Waals surface area contributed by atoms with Crippen molar-refractivity contribution in [2.45, 2.75) is 6.92 Å². The normalized spacial score (nSPS) is 11.2. The SMILES string of the molecule is Cc1ccc(C#N)cc1-n1c(=O)n(C)c2cnc3ccc(-c4ccc(Cl)cc4)cc3c21. The van der Waals surface area contributed by atoms with E-state index in [1.807, 2.05) is 55.5 Å². The van der Waals surface area contributed by atoms with Crippen molar-refractivity contribution in [3.63, 3.8) is 0 Å². The van der Waals surface area contributed by atoms with Gasteiger partial charge in [-0.3, -0.25) is 14.1 Å². The van der Waals surface area contributed by atoms with Crippen LogP contribution < -0.4 is 5.69 Å². The summed E-state index contributed by atoms with van der Waals surface area (Å²) in [7, 11) is 1.74. The van der Waals surface area contributed by atoms with E-state index in [9.17, 15) is 10.1 Å². The van der Waals surface area contributed by atoms with E-state index in [1.54, 1.807) is 34.5 Å². The number of aromatic nitrogens is 3. The number of fused-ring (bicyclic) bond motifs is 3. The Kier molecular flexibility index (Phi) is 4.39. The zero-order valence-corrected chi connectivity index (χ0v) is 17.7. The highest BCUT2D eigenvalue weighted by Crippen LogP contribution is 2.31. The van der Waals surface area contributed by atoms with Crippen molar-refractivity contribution in [3.05, 3.63) is 93.5 Å². The number of benzene rings is 3. The topological polar surface area (TPSA) is 63.6 Å². The van der Waals surface area contributed by atoms with Gasteiger partial charge in [0.25, 0.3) is 0 Å². The van der Waals surface area contributed by atoms with Gasteiger partial charge in [-0.05, 0) is 60.0 Å². The van der Waals surface area contributed by atoms with Crippen molar-refractivity contribution < 1.29 is 0 Å². The maximum Gasteiger partial charge on any atom is 0.333 e. The quantitative estimate of drug-likeness (QED) is 0.382. The van der Waals surface area contributed by atoms with Gasteiger partial charge in [-0.15, -0.1) is 0 Å². The number of pyridine rings is 1. The predicted octanol–water partition coefficient (Wildman–Crippen LogP) is 5.38. The predicted molar refractivity (Wildman–Crippen MR) is 124 cm³/mol. The second-order valence-electron chi connectivity index (χ2n) is 7.52. The van der Waals surface area contributed by atoms with Gasteiger partial charge < -0.3 is 0 Å². The highest BCUT2D eigenvalue weighted by molar-refractivity contribution is 6.30. The third-order valence-electron chi connectivity index (χ3n) is 5.64. The largest absolute Gasteiger partial charge is 0.333 e. The van der Waals surface area contributed by atoms with Crippen molar-refractivity contribution in [3.8, 4) is 22.9 Å². The summed E-state index contributed by atoms with van der Waals surface area (Å²) < 4.78 is 3.27. The van der Waals surface area contributed by atoms with Crippen LogP contribution in [0.15, 0.2) is 71.7 Å². The Labute approximate surface area is 183 Å². The molecule has 6 heteroatoms. The lowest BCUT2D eigenvalue weighted by molar-refractivity contribution is 0.843. The molecule has 2 aromatic heterocycles. The van der Waals surface area contributed by atoms with Crippen LogP contribution in [-0.2, 0) is 7.05 Å². The molecule has 0 bridgehead atoms. The van der Waals surface area contributed by atoms with Gasteiger partial charge in [-0.1, -0.05) is 35.9 Å². The van der Waals surface area contributed by atoms with E-state index in [-0.39, 0.29) is 5.69 Å². The van der Waals surface area contributed by atoms with Gasteiger partial charge >= 0.3 is 5.69 Å². The molecule has 31 heavy (non-hydrogen) atoms. The van der Waals surface area contributed by atoms with Crippen LogP contribution in [0.1, 0.15) is 11.1 Å². The molecule has 2 heterocycles. The molecule has 0 amide bonds. The lowest BCUT2D eigenvalue weighted by Gasteiger charge is -2.10. The molecule has 5 nitrogen and oxygen atoms in total. The highest BCUT2D eigenvalue weighted by atomic mass is 35.5. The zero-order chi connectivity index (χ0) is 21.7. The average Bonchev–Trinajstić information content (AvgIpc) is 3.05. The first kappa shape index (κ1) is 19.1. The van der Waals surface area contributed by atoms with E-state index >= 15 is 0 Å². The maximum absolute atomic E-state index is 13.3. The fraction of sp³-hybridized carbons (Fsp3) is 0.0800. The van der Waals surface area contributed by atoms with Crippen molar-refractivity contribution in [1.82, 2.24) is 14.1 Å². The van der Waals surface area contributed by atoms with Gasteiger partial charge in [0.2, 0.25) is 0 Å². The Hall–Kier alpha value is -3.88. The van der Waals surface area contributed by atoms with Crippen LogP contribution in [0, 0.1) is 18.3 Å². The van der Waals surface area contributed by atoms with E-state index in [0.717, 1.165) is 38.6 Å². The number of nitrogens with zero attached hydrogens (tertiary/aromatic N) is 4. The summed E-state index contributed by atoms with van der Waals surface area (Å²) >= 11 is 6.05. The summed E-state index contributed by atoms with van der Waals surface area (Å²) in [5.41, 5.74) is 6.24. The Morgan fingerprint density at radius 1 is 1.00 bits per heavy atom. The smallest absolute Gasteiger partial charge is 0.293 e. The third kappa shape index (κ3) is 3.00. The van der Waals surface area contributed by atoms with Gasteiger partial charge in [0.05, 0.1) is 40.1 Å². The first-order valence-electron chi connectivity index (χ1n) is 9.75. The van der Waals surface area contributed by atoms with Crippen molar-refractivity contribution in [1.29, 1.82) is 5.26 Å². The van der Waals surface area contributed by atoms with Gasteiger partial charge in [0.15, 0.2) is 0 Å². The van der Waals surface area contributed by atoms with E-state index in [4.69, 9.17) is 11.6 Å². The first-order chi connectivity index (χ1) is 15.0. The Morgan fingerprint density at radius 2 is 1.74 bits per heavy atom. The molecule has 3 aromatic carbocycles. The van der Waals surface area contributed by atoms with Gasteiger partial charge in [0.1, 0.15) is 0 Å². The standard InChI is InChI=1S/C25H17ClN4O/c1-15-3-4-16(13-27)11-22(15)30-24-20-12-18(17-5-8-19(26)9-6-17)7-10-21(20)28-14-23(24)29(2)25(30)31/h3-12,14H,1-2H3. The molecule has 5 rings (SSSR count). The molecule has 0 aliphatic carbocycles. The molecule has 0 atom stereocenters. The third-order valence-corrected chi connectivity index (χ3v) is 5.89. The molecular formula is C25H17ClN4O. The van der Waals surface area contributed by atoms with Crippen molar-refractivity contribution in [2.24, 2.45) is 7.05 Å². The van der Waals surface area contributed by atoms with E-state index < -0.39 is 0 Å². The van der Waals surface area contributed by atoms with Crippen LogP contribution >= 0.6 is 11.6 Å². The summed E-state index contributed by atoms with van der Waals surface area (Å²) in [4.78, 5) is 17.9. The number of rotatable bonds is 2. The summed E-state index contributed by atoms with van der Waals surface area (Å²) in [6.45, 7) is 1.93. The molecule has 0 N–H and O–H groups in total. The number of aryl methyl sites for hydroxylation is 2. The van der Waals surface area contributed by atoms with Gasteiger partial charge in [-0.2, -0.15) is 5.26 Å². The molecule has 0 saturated carbocycles. The maximum atomic E-state index is 13.3. The average molecular weight is 425 g/mol. The molecule has 150 valence electrons. The first-order valence-corrected chi connectivity index (χ1v) is 10.1. The summed E-state index contributed by atoms with van der Waals surface area (Å²) in [6, 6.07) is 21.2. The molecule has 0 unspecified atom stereocenters. The van der Waals surface area contributed by atoms with E-state index in [0.29, 0.717) is 16.3 Å². The molecule has 0 aliphatic heterocycles. The van der Waals surface area contributed by atoms with Gasteiger partial charge in [-0.25, -0.2) is 4.79 Å². The lowest BCUT2D eigenvalue weighted by atomic mass is 10.0. The summed E-state index contributed by atoms with van der Waals surface area (Å²) in [5.74, 6) is 0. The highest BCUT2D eigenvalue weighted by Gasteiger charge is 2.18. The molecule has 0 fully saturated rings. The number of hydrogen-bond donors (Lipinski definition) is 0. The second kappa shape index (κ2) is 7.12. The van der Waals surface area contributed by atoms with Crippen LogP contribution in [0.25, 0.3) is 38.8 Å². The minimum atomic E-state index is -0.181. The Morgan fingerprint density at radius 3 is 2.48 bits per heavy atom. The van der Waals surface area contributed by atoms with Crippen molar-refractivity contribution >= 4 is 33.5 Å². The summed E-state index contributed by atoms with van der Waals surface area (Å²) in [5, 5.41) is 10.9. The van der Waals surface area contributed by atoms with Crippen LogP contribution in [0.5, 0.6) is 0 Å². The minimum absolute atomic E-state index is 0.181. The summed E-state index contributed by atoms with van der Waals surface area (Å²) in [6.07, 6.45) is 1.72. The fourth-order valence-electron chi connectivity index (χ4n) is 3.96. The number of nitriles is 1. The van der Waals surface area contributed by atoms with Crippen molar-refractivity contribution in [2.75, 3.05) is 0 Å². The molecule has 0 spiro atoms. The molecule has 0 radical (unpaired) electrons. The van der Waals surface area contributed by atoms with Crippen LogP contribution in [0.4, 0.5) is 0 Å². The van der Waals surface area contributed by atoms with Gasteiger partial charge in [0, 0.05) is 17.5 Å². The number of hydrogen-bond acceptors (Lipinski definition) is 3.